The van der Waals surface area contributed by atoms with E-state index in [-0.39, 0.29) is 17.7 Å². The molecular formula is C19H28N4O3. The Balaban J connectivity index is 1.51. The summed E-state index contributed by atoms with van der Waals surface area (Å²) in [7, 11) is 0. The molecule has 0 bridgehead atoms. The van der Waals surface area contributed by atoms with E-state index >= 15 is 0 Å². The molecule has 0 aromatic heterocycles. The number of amides is 2. The standard InChI is InChI=1S/C19H28N4O3/c20-18(24)16-5-2-7-23(13-16)12-15-4-1-3-14(9-15)10-22-19(25)17-11-21-6-8-26-17/h1,3-4,9,16-17,21H,2,5-8,10-13H2,(H2,20,24)(H,22,25). The summed E-state index contributed by atoms with van der Waals surface area (Å²) in [6, 6.07) is 8.19. The molecule has 142 valence electrons. The molecule has 2 heterocycles. The van der Waals surface area contributed by atoms with Gasteiger partial charge in [0.1, 0.15) is 6.10 Å². The minimum Gasteiger partial charge on any atom is -0.369 e. The predicted octanol–water partition coefficient (Wildman–Crippen LogP) is -0.0115. The molecule has 2 fully saturated rings. The number of hydrogen-bond donors (Lipinski definition) is 3. The SMILES string of the molecule is NC(=O)C1CCCN(Cc2cccc(CNC(=O)C3CNCCO3)c2)C1. The van der Waals surface area contributed by atoms with Crippen LogP contribution in [0, 0.1) is 5.92 Å². The largest absolute Gasteiger partial charge is 0.369 e. The van der Waals surface area contributed by atoms with Gasteiger partial charge in [0.2, 0.25) is 5.91 Å². The zero-order valence-electron chi connectivity index (χ0n) is 15.1. The Hall–Kier alpha value is -1.96. The second kappa shape index (κ2) is 9.12. The zero-order chi connectivity index (χ0) is 18.4. The molecule has 2 aliphatic rings. The molecule has 26 heavy (non-hydrogen) atoms. The fourth-order valence-electron chi connectivity index (χ4n) is 3.56. The third kappa shape index (κ3) is 5.27. The predicted molar refractivity (Wildman–Crippen MR) is 98.1 cm³/mol. The lowest BCUT2D eigenvalue weighted by molar-refractivity contribution is -0.134. The first-order chi connectivity index (χ1) is 12.6. The smallest absolute Gasteiger partial charge is 0.250 e. The Morgan fingerprint density at radius 3 is 2.96 bits per heavy atom. The summed E-state index contributed by atoms with van der Waals surface area (Å²) in [4.78, 5) is 25.8. The molecule has 0 spiro atoms. The molecule has 4 N–H and O–H groups in total. The van der Waals surface area contributed by atoms with E-state index in [1.165, 1.54) is 5.56 Å². The first kappa shape index (κ1) is 18.8. The van der Waals surface area contributed by atoms with Crippen LogP contribution in [-0.2, 0) is 27.4 Å². The number of piperidine rings is 1. The molecule has 2 aliphatic heterocycles. The second-order valence-corrected chi connectivity index (χ2v) is 7.08. The van der Waals surface area contributed by atoms with Gasteiger partial charge in [-0.05, 0) is 30.5 Å². The number of likely N-dealkylation sites (tertiary alicyclic amines) is 1. The molecule has 1 aromatic carbocycles. The number of nitrogens with two attached hydrogens (primary N) is 1. The van der Waals surface area contributed by atoms with Crippen molar-refractivity contribution >= 4 is 11.8 Å². The van der Waals surface area contributed by atoms with Gasteiger partial charge >= 0.3 is 0 Å². The van der Waals surface area contributed by atoms with Crippen molar-refractivity contribution in [2.24, 2.45) is 11.7 Å². The molecule has 7 nitrogen and oxygen atoms in total. The first-order valence-corrected chi connectivity index (χ1v) is 9.31. The molecule has 7 heteroatoms. The van der Waals surface area contributed by atoms with E-state index in [4.69, 9.17) is 10.5 Å². The number of rotatable bonds is 6. The highest BCUT2D eigenvalue weighted by atomic mass is 16.5. The summed E-state index contributed by atoms with van der Waals surface area (Å²) in [5.74, 6) is -0.330. The Labute approximate surface area is 154 Å². The average molecular weight is 360 g/mol. The van der Waals surface area contributed by atoms with Crippen molar-refractivity contribution in [1.29, 1.82) is 0 Å². The van der Waals surface area contributed by atoms with Gasteiger partial charge < -0.3 is 21.1 Å². The number of hydrogen-bond acceptors (Lipinski definition) is 5. The lowest BCUT2D eigenvalue weighted by Gasteiger charge is -2.31. The molecule has 2 amide bonds. The molecule has 0 aliphatic carbocycles. The minimum absolute atomic E-state index is 0.0460. The van der Waals surface area contributed by atoms with Crippen LogP contribution in [0.15, 0.2) is 24.3 Å². The lowest BCUT2D eigenvalue weighted by Crippen LogP contribution is -2.47. The number of nitrogens with one attached hydrogen (secondary N) is 2. The monoisotopic (exact) mass is 360 g/mol. The average Bonchev–Trinajstić information content (AvgIpc) is 2.67. The van der Waals surface area contributed by atoms with Gasteiger partial charge in [-0.2, -0.15) is 0 Å². The van der Waals surface area contributed by atoms with Gasteiger partial charge in [-0.15, -0.1) is 0 Å². The highest BCUT2D eigenvalue weighted by Gasteiger charge is 2.24. The van der Waals surface area contributed by atoms with E-state index in [1.807, 2.05) is 12.1 Å². The van der Waals surface area contributed by atoms with E-state index in [0.717, 1.165) is 44.6 Å². The number of primary amides is 1. The summed E-state index contributed by atoms with van der Waals surface area (Å²) in [5, 5.41) is 6.10. The van der Waals surface area contributed by atoms with Gasteiger partial charge in [0.15, 0.2) is 0 Å². The summed E-state index contributed by atoms with van der Waals surface area (Å²) < 4.78 is 5.46. The molecule has 2 saturated heterocycles. The summed E-state index contributed by atoms with van der Waals surface area (Å²) in [5.41, 5.74) is 7.69. The van der Waals surface area contributed by atoms with E-state index in [1.54, 1.807) is 0 Å². The van der Waals surface area contributed by atoms with E-state index in [2.05, 4.69) is 27.7 Å². The highest BCUT2D eigenvalue weighted by Crippen LogP contribution is 2.18. The van der Waals surface area contributed by atoms with E-state index in [0.29, 0.717) is 19.7 Å². The number of carbonyl (C=O) groups is 2. The maximum Gasteiger partial charge on any atom is 0.250 e. The maximum atomic E-state index is 12.1. The zero-order valence-corrected chi connectivity index (χ0v) is 15.1. The third-order valence-corrected chi connectivity index (χ3v) is 4.99. The van der Waals surface area contributed by atoms with Gasteiger partial charge in [-0.3, -0.25) is 14.5 Å². The summed E-state index contributed by atoms with van der Waals surface area (Å²) in [6.07, 6.45) is 1.47. The van der Waals surface area contributed by atoms with Crippen molar-refractivity contribution in [3.63, 3.8) is 0 Å². The van der Waals surface area contributed by atoms with Crippen molar-refractivity contribution in [3.05, 3.63) is 35.4 Å². The molecule has 2 atom stereocenters. The number of morpholine rings is 1. The molecule has 2 unspecified atom stereocenters. The highest BCUT2D eigenvalue weighted by molar-refractivity contribution is 5.81. The van der Waals surface area contributed by atoms with Crippen LogP contribution < -0.4 is 16.4 Å². The molecule has 0 saturated carbocycles. The Morgan fingerprint density at radius 1 is 1.35 bits per heavy atom. The third-order valence-electron chi connectivity index (χ3n) is 4.99. The number of ether oxygens (including phenoxy) is 1. The normalized spacial score (nSPS) is 24.2. The Bertz CT molecular complexity index is 631. The first-order valence-electron chi connectivity index (χ1n) is 9.31. The fraction of sp³-hybridized carbons (Fsp3) is 0.579. The van der Waals surface area contributed by atoms with E-state index < -0.39 is 6.10 Å². The van der Waals surface area contributed by atoms with Crippen molar-refractivity contribution in [2.45, 2.75) is 32.0 Å². The topological polar surface area (TPSA) is 96.7 Å². The van der Waals surface area contributed by atoms with Crippen LogP contribution in [0.25, 0.3) is 0 Å². The molecule has 3 rings (SSSR count). The lowest BCUT2D eigenvalue weighted by atomic mass is 9.97. The van der Waals surface area contributed by atoms with Crippen molar-refractivity contribution in [3.8, 4) is 0 Å². The van der Waals surface area contributed by atoms with Crippen molar-refractivity contribution in [2.75, 3.05) is 32.8 Å². The Morgan fingerprint density at radius 2 is 2.19 bits per heavy atom. The van der Waals surface area contributed by atoms with Gasteiger partial charge in [0.25, 0.3) is 5.91 Å². The van der Waals surface area contributed by atoms with Crippen molar-refractivity contribution < 1.29 is 14.3 Å². The summed E-state index contributed by atoms with van der Waals surface area (Å²) in [6.45, 7) is 4.90. The van der Waals surface area contributed by atoms with Crippen LogP contribution in [0.4, 0.5) is 0 Å². The van der Waals surface area contributed by atoms with E-state index in [9.17, 15) is 9.59 Å². The van der Waals surface area contributed by atoms with Crippen LogP contribution in [0.5, 0.6) is 0 Å². The van der Waals surface area contributed by atoms with Crippen molar-refractivity contribution in [1.82, 2.24) is 15.5 Å². The van der Waals surface area contributed by atoms with Crippen LogP contribution >= 0.6 is 0 Å². The van der Waals surface area contributed by atoms with Crippen LogP contribution in [-0.4, -0.2) is 55.6 Å². The van der Waals surface area contributed by atoms with Gasteiger partial charge in [0, 0.05) is 32.7 Å². The molecule has 1 aromatic rings. The van der Waals surface area contributed by atoms with Crippen LogP contribution in [0.3, 0.4) is 0 Å². The maximum absolute atomic E-state index is 12.1. The Kier molecular flexibility index (Phi) is 6.60. The molecular weight excluding hydrogens is 332 g/mol. The number of carbonyl (C=O) groups excluding carboxylic acids is 2. The second-order valence-electron chi connectivity index (χ2n) is 7.08. The number of benzene rings is 1. The van der Waals surface area contributed by atoms with Gasteiger partial charge in [-0.1, -0.05) is 24.3 Å². The van der Waals surface area contributed by atoms with Crippen LogP contribution in [0.1, 0.15) is 24.0 Å². The minimum atomic E-state index is -0.411. The van der Waals surface area contributed by atoms with Gasteiger partial charge in [-0.25, -0.2) is 0 Å². The van der Waals surface area contributed by atoms with Crippen LogP contribution in [0.2, 0.25) is 0 Å². The molecule has 0 radical (unpaired) electrons. The number of nitrogens with zero attached hydrogens (tertiary/aromatic N) is 1. The van der Waals surface area contributed by atoms with Gasteiger partial charge in [0.05, 0.1) is 12.5 Å². The summed E-state index contributed by atoms with van der Waals surface area (Å²) >= 11 is 0. The fourth-order valence-corrected chi connectivity index (χ4v) is 3.56. The quantitative estimate of drug-likeness (QED) is 0.663.